The van der Waals surface area contributed by atoms with Gasteiger partial charge in [-0.25, -0.2) is 12.8 Å². The van der Waals surface area contributed by atoms with Crippen molar-refractivity contribution in [2.24, 2.45) is 0 Å². The van der Waals surface area contributed by atoms with Crippen molar-refractivity contribution in [2.45, 2.75) is 59.2 Å². The highest BCUT2D eigenvalue weighted by Gasteiger charge is 2.31. The van der Waals surface area contributed by atoms with E-state index in [1.165, 1.54) is 29.2 Å². The summed E-state index contributed by atoms with van der Waals surface area (Å²) >= 11 is 0. The van der Waals surface area contributed by atoms with Crippen molar-refractivity contribution in [1.82, 2.24) is 10.2 Å². The minimum absolute atomic E-state index is 0.0187. The highest BCUT2D eigenvalue weighted by Crippen LogP contribution is 2.24. The van der Waals surface area contributed by atoms with Crippen LogP contribution >= 0.6 is 0 Å². The Morgan fingerprint density at radius 3 is 2.18 bits per heavy atom. The van der Waals surface area contributed by atoms with E-state index < -0.39 is 39.9 Å². The lowest BCUT2D eigenvalue weighted by atomic mass is 10.1. The highest BCUT2D eigenvalue weighted by atomic mass is 32.2. The number of benzene rings is 2. The first-order valence-corrected chi connectivity index (χ1v) is 13.0. The number of amides is 2. The third-order valence-corrected chi connectivity index (χ3v) is 6.38. The fraction of sp³-hybridized carbons (Fsp3) is 0.440. The van der Waals surface area contributed by atoms with Crippen molar-refractivity contribution in [3.05, 3.63) is 65.5 Å². The number of para-hydroxylation sites is 1. The molecule has 2 aromatic carbocycles. The van der Waals surface area contributed by atoms with Gasteiger partial charge in [0.15, 0.2) is 0 Å². The molecule has 0 spiro atoms. The topological polar surface area (TPSA) is 86.8 Å². The van der Waals surface area contributed by atoms with Crippen LogP contribution in [-0.2, 0) is 32.6 Å². The number of nitrogens with zero attached hydrogens (tertiary/aromatic N) is 2. The van der Waals surface area contributed by atoms with Crippen molar-refractivity contribution in [2.75, 3.05) is 17.1 Å². The van der Waals surface area contributed by atoms with E-state index in [2.05, 4.69) is 5.32 Å². The van der Waals surface area contributed by atoms with Gasteiger partial charge < -0.3 is 10.2 Å². The minimum Gasteiger partial charge on any atom is -0.350 e. The highest BCUT2D eigenvalue weighted by molar-refractivity contribution is 7.92. The normalized spacial score (nSPS) is 12.7. The van der Waals surface area contributed by atoms with Crippen LogP contribution in [-0.4, -0.2) is 49.5 Å². The third kappa shape index (κ3) is 7.55. The number of halogens is 1. The molecule has 9 heteroatoms. The van der Waals surface area contributed by atoms with Crippen molar-refractivity contribution in [3.63, 3.8) is 0 Å². The maximum Gasteiger partial charge on any atom is 0.244 e. The van der Waals surface area contributed by atoms with Crippen LogP contribution in [0.1, 0.15) is 45.7 Å². The van der Waals surface area contributed by atoms with Crippen molar-refractivity contribution in [1.29, 1.82) is 0 Å². The number of aryl methyl sites for hydroxylation is 1. The van der Waals surface area contributed by atoms with Gasteiger partial charge in [0.1, 0.15) is 18.4 Å². The van der Waals surface area contributed by atoms with Crippen LogP contribution in [0.3, 0.4) is 0 Å². The number of carbonyl (C=O) groups is 2. The Morgan fingerprint density at radius 2 is 1.65 bits per heavy atom. The molecular formula is C25H34FN3O4S. The van der Waals surface area contributed by atoms with E-state index in [-0.39, 0.29) is 12.5 Å². The molecule has 1 N–H and O–H groups in total. The monoisotopic (exact) mass is 491 g/mol. The summed E-state index contributed by atoms with van der Waals surface area (Å²) in [5, 5.41) is 2.86. The second-order valence-corrected chi connectivity index (χ2v) is 11.2. The molecule has 0 aliphatic carbocycles. The summed E-state index contributed by atoms with van der Waals surface area (Å²) in [4.78, 5) is 27.7. The number of nitrogens with one attached hydrogen (secondary N) is 1. The maximum atomic E-state index is 13.5. The van der Waals surface area contributed by atoms with Gasteiger partial charge in [0.25, 0.3) is 0 Å². The van der Waals surface area contributed by atoms with Gasteiger partial charge in [-0.15, -0.1) is 0 Å². The van der Waals surface area contributed by atoms with Crippen LogP contribution < -0.4 is 9.62 Å². The third-order valence-electron chi connectivity index (χ3n) is 5.25. The molecule has 1 unspecified atom stereocenters. The van der Waals surface area contributed by atoms with Crippen molar-refractivity contribution >= 4 is 27.5 Å². The van der Waals surface area contributed by atoms with E-state index in [1.54, 1.807) is 19.1 Å². The molecule has 0 saturated carbocycles. The first kappa shape index (κ1) is 27.3. The number of hydrogen-bond donors (Lipinski definition) is 1. The number of rotatable bonds is 9. The molecule has 1 atom stereocenters. The Balaban J connectivity index is 2.43. The molecule has 0 aliphatic rings. The summed E-state index contributed by atoms with van der Waals surface area (Å²) in [7, 11) is -3.80. The fourth-order valence-corrected chi connectivity index (χ4v) is 4.37. The Morgan fingerprint density at radius 1 is 1.06 bits per heavy atom. The largest absolute Gasteiger partial charge is 0.350 e. The van der Waals surface area contributed by atoms with Crippen LogP contribution in [0.25, 0.3) is 0 Å². The van der Waals surface area contributed by atoms with Crippen molar-refractivity contribution in [3.8, 4) is 0 Å². The van der Waals surface area contributed by atoms with Gasteiger partial charge in [-0.3, -0.25) is 13.9 Å². The Labute approximate surface area is 202 Å². The summed E-state index contributed by atoms with van der Waals surface area (Å²) in [6, 6.07) is 11.7. The molecule has 0 aromatic heterocycles. The van der Waals surface area contributed by atoms with E-state index in [0.29, 0.717) is 17.7 Å². The average molecular weight is 492 g/mol. The number of hydrogen-bond acceptors (Lipinski definition) is 4. The van der Waals surface area contributed by atoms with Gasteiger partial charge in [0.05, 0.1) is 11.9 Å². The lowest BCUT2D eigenvalue weighted by Gasteiger charge is -2.33. The lowest BCUT2D eigenvalue weighted by Crippen LogP contribution is -2.54. The van der Waals surface area contributed by atoms with Crippen LogP contribution in [0.4, 0.5) is 10.1 Å². The summed E-state index contributed by atoms with van der Waals surface area (Å²) in [6.07, 6.45) is 1.63. The van der Waals surface area contributed by atoms with E-state index in [1.807, 2.05) is 39.8 Å². The molecule has 0 heterocycles. The van der Waals surface area contributed by atoms with Gasteiger partial charge in [0, 0.05) is 12.1 Å². The van der Waals surface area contributed by atoms with Gasteiger partial charge >= 0.3 is 0 Å². The van der Waals surface area contributed by atoms with Gasteiger partial charge in [-0.1, -0.05) is 37.3 Å². The fourth-order valence-electron chi connectivity index (χ4n) is 3.49. The molecular weight excluding hydrogens is 457 g/mol. The molecule has 0 saturated heterocycles. The minimum atomic E-state index is -3.80. The van der Waals surface area contributed by atoms with E-state index in [0.717, 1.165) is 16.1 Å². The Hall–Kier alpha value is -2.94. The van der Waals surface area contributed by atoms with Crippen molar-refractivity contribution < 1.29 is 22.4 Å². The van der Waals surface area contributed by atoms with E-state index in [4.69, 9.17) is 0 Å². The van der Waals surface area contributed by atoms with Crippen LogP contribution in [0.5, 0.6) is 0 Å². The zero-order valence-corrected chi connectivity index (χ0v) is 21.4. The summed E-state index contributed by atoms with van der Waals surface area (Å²) in [6.45, 7) is 8.54. The van der Waals surface area contributed by atoms with Gasteiger partial charge in [-0.05, 0) is 63.4 Å². The first-order valence-electron chi connectivity index (χ1n) is 11.1. The predicted octanol–water partition coefficient (Wildman–Crippen LogP) is 3.49. The number of carbonyl (C=O) groups excluding carboxylic acids is 2. The van der Waals surface area contributed by atoms with E-state index >= 15 is 0 Å². The summed E-state index contributed by atoms with van der Waals surface area (Å²) in [5.74, 6) is -1.33. The SMILES string of the molecule is CCc1ccccc1N(CC(=O)N(Cc1ccc(F)cc1)C(C)C(=O)NC(C)(C)C)S(C)(=O)=O. The van der Waals surface area contributed by atoms with E-state index in [9.17, 15) is 22.4 Å². The average Bonchev–Trinajstić information content (AvgIpc) is 2.74. The maximum absolute atomic E-state index is 13.5. The molecule has 2 aromatic rings. The zero-order valence-electron chi connectivity index (χ0n) is 20.6. The van der Waals surface area contributed by atoms with Crippen LogP contribution in [0, 0.1) is 5.82 Å². The quantitative estimate of drug-likeness (QED) is 0.582. The summed E-state index contributed by atoms with van der Waals surface area (Å²) < 4.78 is 39.8. The molecule has 0 fully saturated rings. The number of sulfonamides is 1. The molecule has 0 radical (unpaired) electrons. The molecule has 186 valence electrons. The zero-order chi connectivity index (χ0) is 25.7. The molecule has 34 heavy (non-hydrogen) atoms. The molecule has 0 aliphatic heterocycles. The van der Waals surface area contributed by atoms with Crippen LogP contribution in [0.15, 0.2) is 48.5 Å². The second kappa shape index (κ2) is 11.0. The smallest absolute Gasteiger partial charge is 0.244 e. The molecule has 0 bridgehead atoms. The Bertz CT molecular complexity index is 1110. The first-order chi connectivity index (χ1) is 15.7. The number of anilines is 1. The Kier molecular flexibility index (Phi) is 8.83. The molecule has 2 amide bonds. The second-order valence-electron chi connectivity index (χ2n) is 9.32. The summed E-state index contributed by atoms with van der Waals surface area (Å²) in [5.41, 5.74) is 1.30. The standard InChI is InChI=1S/C25H34FN3O4S/c1-7-20-10-8-9-11-22(20)29(34(6,32)33)17-23(30)28(16-19-12-14-21(26)15-13-19)18(2)24(31)27-25(3,4)5/h8-15,18H,7,16-17H2,1-6H3,(H,27,31). The van der Waals surface area contributed by atoms with Gasteiger partial charge in [0.2, 0.25) is 21.8 Å². The van der Waals surface area contributed by atoms with Crippen LogP contribution in [0.2, 0.25) is 0 Å². The molecule has 2 rings (SSSR count). The predicted molar refractivity (Wildman–Crippen MR) is 132 cm³/mol. The lowest BCUT2D eigenvalue weighted by molar-refractivity contribution is -0.140. The molecule has 7 nitrogen and oxygen atoms in total. The van der Waals surface area contributed by atoms with Gasteiger partial charge in [-0.2, -0.15) is 0 Å².